The molecule has 0 aromatic heterocycles. The molecule has 0 radical (unpaired) electrons. The van der Waals surface area contributed by atoms with Gasteiger partial charge in [-0.1, -0.05) is 0 Å². The lowest BCUT2D eigenvalue weighted by atomic mass is 9.54. The summed E-state index contributed by atoms with van der Waals surface area (Å²) >= 11 is 0. The molecule has 2 fully saturated rings. The van der Waals surface area contributed by atoms with Gasteiger partial charge in [-0.2, -0.15) is 0 Å². The minimum Gasteiger partial charge on any atom is -0.481 e. The third-order valence-electron chi connectivity index (χ3n) is 3.08. The maximum absolute atomic E-state index is 10.7. The van der Waals surface area contributed by atoms with Gasteiger partial charge in [0.25, 0.3) is 0 Å². The quantitative estimate of drug-likeness (QED) is 0.583. The van der Waals surface area contributed by atoms with E-state index in [9.17, 15) is 4.79 Å². The molecule has 2 aliphatic rings. The van der Waals surface area contributed by atoms with Gasteiger partial charge in [0.05, 0.1) is 5.41 Å². The summed E-state index contributed by atoms with van der Waals surface area (Å²) in [5, 5.41) is 12.1. The Labute approximate surface area is 65.8 Å². The van der Waals surface area contributed by atoms with Crippen molar-refractivity contribution in [2.45, 2.75) is 31.7 Å². The molecule has 2 rings (SSSR count). The van der Waals surface area contributed by atoms with Crippen LogP contribution in [0, 0.1) is 5.41 Å². The molecule has 1 aliphatic carbocycles. The van der Waals surface area contributed by atoms with Crippen molar-refractivity contribution in [3.05, 3.63) is 0 Å². The first-order valence-corrected chi connectivity index (χ1v) is 4.05. The largest absolute Gasteiger partial charge is 0.481 e. The van der Waals surface area contributed by atoms with Crippen LogP contribution in [0.1, 0.15) is 26.2 Å². The summed E-state index contributed by atoms with van der Waals surface area (Å²) in [4.78, 5) is 10.7. The van der Waals surface area contributed by atoms with Crippen LogP contribution < -0.4 is 5.32 Å². The molecule has 62 valence electrons. The van der Waals surface area contributed by atoms with E-state index in [0.29, 0.717) is 0 Å². The Kier molecular flexibility index (Phi) is 1.15. The smallest absolute Gasteiger partial charge is 0.309 e. The Balaban J connectivity index is 2.00. The zero-order valence-corrected chi connectivity index (χ0v) is 6.68. The van der Waals surface area contributed by atoms with Crippen LogP contribution >= 0.6 is 0 Å². The minimum absolute atomic E-state index is 0.229. The average Bonchev–Trinajstić information content (AvgIpc) is 1.75. The summed E-state index contributed by atoms with van der Waals surface area (Å²) in [5.41, 5.74) is -0.208. The van der Waals surface area contributed by atoms with Crippen LogP contribution in [0.4, 0.5) is 0 Å². The molecule has 3 nitrogen and oxygen atoms in total. The number of rotatable bonds is 1. The topological polar surface area (TPSA) is 49.3 Å². The fourth-order valence-electron chi connectivity index (χ4n) is 2.37. The van der Waals surface area contributed by atoms with Crippen molar-refractivity contribution in [3.8, 4) is 0 Å². The van der Waals surface area contributed by atoms with Gasteiger partial charge >= 0.3 is 5.97 Å². The Hall–Kier alpha value is -0.570. The third-order valence-corrected chi connectivity index (χ3v) is 3.08. The highest BCUT2D eigenvalue weighted by molar-refractivity contribution is 5.76. The Morgan fingerprint density at radius 3 is 2.36 bits per heavy atom. The summed E-state index contributed by atoms with van der Waals surface area (Å²) < 4.78 is 0. The molecule has 0 amide bonds. The predicted molar refractivity (Wildman–Crippen MR) is 40.3 cm³/mol. The molecule has 1 saturated carbocycles. The molecule has 0 aromatic carbocycles. The number of hydrogen-bond donors (Lipinski definition) is 2. The normalized spacial score (nSPS) is 48.1. The van der Waals surface area contributed by atoms with Crippen molar-refractivity contribution in [2.24, 2.45) is 5.41 Å². The van der Waals surface area contributed by atoms with E-state index in [1.165, 1.54) is 0 Å². The number of aliphatic carboxylic acids is 1. The molecule has 1 heterocycles. The average molecular weight is 155 g/mol. The summed E-state index contributed by atoms with van der Waals surface area (Å²) in [5.74, 6) is -0.642. The number of nitrogens with one attached hydrogen (secondary N) is 1. The number of hydrogen-bond acceptors (Lipinski definition) is 2. The Morgan fingerprint density at radius 1 is 1.55 bits per heavy atom. The lowest BCUT2D eigenvalue weighted by molar-refractivity contribution is -0.162. The van der Waals surface area contributed by atoms with Gasteiger partial charge in [0, 0.05) is 5.54 Å². The second-order valence-electron chi connectivity index (χ2n) is 4.18. The Bertz CT molecular complexity index is 200. The summed E-state index contributed by atoms with van der Waals surface area (Å²) in [6.07, 6.45) is 2.79. The van der Waals surface area contributed by atoms with Crippen LogP contribution in [-0.4, -0.2) is 23.2 Å². The lowest BCUT2D eigenvalue weighted by Gasteiger charge is -2.58. The third kappa shape index (κ3) is 0.805. The molecule has 3 heteroatoms. The molecular weight excluding hydrogens is 142 g/mol. The van der Waals surface area contributed by atoms with Gasteiger partial charge in [0.15, 0.2) is 0 Å². The highest BCUT2D eigenvalue weighted by Gasteiger charge is 2.58. The van der Waals surface area contributed by atoms with Crippen LogP contribution in [0.25, 0.3) is 0 Å². The van der Waals surface area contributed by atoms with E-state index in [4.69, 9.17) is 5.11 Å². The molecule has 2 N–H and O–H groups in total. The molecule has 0 aromatic rings. The van der Waals surface area contributed by atoms with E-state index < -0.39 is 11.4 Å². The minimum atomic E-state index is -0.642. The van der Waals surface area contributed by atoms with Gasteiger partial charge in [-0.25, -0.2) is 0 Å². The van der Waals surface area contributed by atoms with Crippen molar-refractivity contribution in [1.29, 1.82) is 0 Å². The molecule has 1 saturated heterocycles. The van der Waals surface area contributed by atoms with Gasteiger partial charge in [-0.05, 0) is 32.7 Å². The molecule has 1 spiro atoms. The fourth-order valence-corrected chi connectivity index (χ4v) is 2.37. The summed E-state index contributed by atoms with van der Waals surface area (Å²) in [6.45, 7) is 2.90. The van der Waals surface area contributed by atoms with Crippen molar-refractivity contribution in [3.63, 3.8) is 0 Å². The lowest BCUT2D eigenvalue weighted by Crippen LogP contribution is -2.69. The van der Waals surface area contributed by atoms with E-state index in [2.05, 4.69) is 5.32 Å². The van der Waals surface area contributed by atoms with E-state index in [0.717, 1.165) is 25.8 Å². The van der Waals surface area contributed by atoms with Gasteiger partial charge in [0.2, 0.25) is 0 Å². The number of carbonyl (C=O) groups is 1. The van der Waals surface area contributed by atoms with Gasteiger partial charge < -0.3 is 10.4 Å². The van der Waals surface area contributed by atoms with E-state index in [1.54, 1.807) is 0 Å². The first-order valence-electron chi connectivity index (χ1n) is 4.05. The first-order chi connectivity index (χ1) is 5.06. The van der Waals surface area contributed by atoms with E-state index >= 15 is 0 Å². The SMILES string of the molecule is CC1(C(=O)O)CC2(CCN2)C1. The second-order valence-corrected chi connectivity index (χ2v) is 4.18. The Morgan fingerprint density at radius 2 is 2.09 bits per heavy atom. The zero-order valence-electron chi connectivity index (χ0n) is 6.68. The van der Waals surface area contributed by atoms with Gasteiger partial charge in [-0.15, -0.1) is 0 Å². The highest BCUT2D eigenvalue weighted by Crippen LogP contribution is 2.52. The van der Waals surface area contributed by atoms with Gasteiger partial charge in [-0.3, -0.25) is 4.79 Å². The molecule has 11 heavy (non-hydrogen) atoms. The van der Waals surface area contributed by atoms with Gasteiger partial charge in [0.1, 0.15) is 0 Å². The number of carboxylic acids is 1. The van der Waals surface area contributed by atoms with Crippen molar-refractivity contribution >= 4 is 5.97 Å². The fraction of sp³-hybridized carbons (Fsp3) is 0.875. The predicted octanol–water partition coefficient (Wildman–Crippen LogP) is 0.603. The van der Waals surface area contributed by atoms with Crippen LogP contribution in [0.15, 0.2) is 0 Å². The number of carboxylic acid groups (broad SMARTS) is 1. The van der Waals surface area contributed by atoms with E-state index in [-0.39, 0.29) is 5.54 Å². The molecule has 0 unspecified atom stereocenters. The monoisotopic (exact) mass is 155 g/mol. The van der Waals surface area contributed by atoms with Crippen LogP contribution in [0.5, 0.6) is 0 Å². The molecule has 1 aliphatic heterocycles. The van der Waals surface area contributed by atoms with E-state index in [1.807, 2.05) is 6.92 Å². The molecule has 0 bridgehead atoms. The van der Waals surface area contributed by atoms with Crippen LogP contribution in [0.3, 0.4) is 0 Å². The molecular formula is C8H13NO2. The van der Waals surface area contributed by atoms with Crippen molar-refractivity contribution < 1.29 is 9.90 Å². The summed E-state index contributed by atoms with van der Waals surface area (Å²) in [7, 11) is 0. The van der Waals surface area contributed by atoms with Crippen molar-refractivity contribution in [1.82, 2.24) is 5.32 Å². The van der Waals surface area contributed by atoms with Crippen molar-refractivity contribution in [2.75, 3.05) is 6.54 Å². The highest BCUT2D eigenvalue weighted by atomic mass is 16.4. The summed E-state index contributed by atoms with van der Waals surface area (Å²) in [6, 6.07) is 0. The maximum Gasteiger partial charge on any atom is 0.309 e. The van der Waals surface area contributed by atoms with Crippen LogP contribution in [0.2, 0.25) is 0 Å². The standard InChI is InChI=1S/C8H13NO2/c1-7(6(10)11)4-8(5-7)2-3-9-8/h9H,2-5H2,1H3,(H,10,11). The zero-order chi connectivity index (χ0) is 8.11. The first kappa shape index (κ1) is 7.10. The van der Waals surface area contributed by atoms with Crippen LogP contribution in [-0.2, 0) is 4.79 Å². The molecule has 0 atom stereocenters. The second kappa shape index (κ2) is 1.78. The maximum atomic E-state index is 10.7.